The number of aromatic nitrogens is 2. The predicted octanol–water partition coefficient (Wildman–Crippen LogP) is 0.715. The molecule has 3 heterocycles. The molecule has 0 N–H and O–H groups in total. The molecule has 1 amide bonds. The van der Waals surface area contributed by atoms with E-state index in [0.717, 1.165) is 28.0 Å². The van der Waals surface area contributed by atoms with Crippen molar-refractivity contribution in [2.75, 3.05) is 24.5 Å². The van der Waals surface area contributed by atoms with E-state index in [1.165, 1.54) is 11.0 Å². The van der Waals surface area contributed by atoms with E-state index >= 15 is 0 Å². The lowest BCUT2D eigenvalue weighted by Gasteiger charge is -2.31. The molecular formula is C12H11FN4O3S2. The van der Waals surface area contributed by atoms with Crippen LogP contribution in [0.5, 0.6) is 0 Å². The zero-order chi connectivity index (χ0) is 15.7. The lowest BCUT2D eigenvalue weighted by atomic mass is 10.4. The summed E-state index contributed by atoms with van der Waals surface area (Å²) in [7, 11) is -3.66. The first-order chi connectivity index (χ1) is 10.5. The highest BCUT2D eigenvalue weighted by Crippen LogP contribution is 2.23. The van der Waals surface area contributed by atoms with Crippen LogP contribution in [0.4, 0.5) is 10.3 Å². The smallest absolute Gasteiger partial charge is 0.253 e. The third kappa shape index (κ3) is 2.72. The normalized spacial score (nSPS) is 17.0. The summed E-state index contributed by atoms with van der Waals surface area (Å²) in [6.07, 6.45) is 1.93. The molecule has 10 heteroatoms. The third-order valence-corrected chi connectivity index (χ3v) is 6.34. The molecule has 1 saturated heterocycles. The van der Waals surface area contributed by atoms with Crippen molar-refractivity contribution >= 4 is 33.2 Å². The van der Waals surface area contributed by atoms with Crippen molar-refractivity contribution in [3.8, 4) is 0 Å². The van der Waals surface area contributed by atoms with Crippen LogP contribution in [-0.4, -0.2) is 48.2 Å². The number of piperazine rings is 1. The second-order valence-electron chi connectivity index (χ2n) is 4.52. The molecule has 0 aliphatic carbocycles. The SMILES string of the molecule is O=C1CN(S(=O)(=O)c2cccs2)CCN1c1ncc(F)cn1. The minimum atomic E-state index is -3.66. The minimum absolute atomic E-state index is 0.0690. The summed E-state index contributed by atoms with van der Waals surface area (Å²) in [6.45, 7) is -0.0389. The van der Waals surface area contributed by atoms with Gasteiger partial charge in [0.15, 0.2) is 5.82 Å². The van der Waals surface area contributed by atoms with Gasteiger partial charge in [-0.15, -0.1) is 11.3 Å². The highest BCUT2D eigenvalue weighted by molar-refractivity contribution is 7.91. The summed E-state index contributed by atoms with van der Waals surface area (Å²) in [4.78, 5) is 20.9. The lowest BCUT2D eigenvalue weighted by Crippen LogP contribution is -2.52. The van der Waals surface area contributed by atoms with Crippen LogP contribution >= 0.6 is 11.3 Å². The maximum Gasteiger partial charge on any atom is 0.253 e. The average molecular weight is 342 g/mol. The van der Waals surface area contributed by atoms with Gasteiger partial charge >= 0.3 is 0 Å². The van der Waals surface area contributed by atoms with Gasteiger partial charge in [0.25, 0.3) is 10.0 Å². The number of carbonyl (C=O) groups is 1. The largest absolute Gasteiger partial charge is 0.278 e. The van der Waals surface area contributed by atoms with Crippen LogP contribution < -0.4 is 4.90 Å². The second kappa shape index (κ2) is 5.71. The quantitative estimate of drug-likeness (QED) is 0.820. The Bertz CT molecular complexity index is 777. The van der Waals surface area contributed by atoms with E-state index in [1.807, 2.05) is 0 Å². The van der Waals surface area contributed by atoms with Crippen molar-refractivity contribution in [2.45, 2.75) is 4.21 Å². The van der Waals surface area contributed by atoms with Gasteiger partial charge in [-0.05, 0) is 11.4 Å². The number of sulfonamides is 1. The average Bonchev–Trinajstić information content (AvgIpc) is 3.03. The summed E-state index contributed by atoms with van der Waals surface area (Å²) in [6, 6.07) is 3.14. The second-order valence-corrected chi connectivity index (χ2v) is 7.63. The van der Waals surface area contributed by atoms with Crippen molar-refractivity contribution < 1.29 is 17.6 Å². The molecule has 0 spiro atoms. The fraction of sp³-hybridized carbons (Fsp3) is 0.250. The topological polar surface area (TPSA) is 83.5 Å². The molecule has 2 aromatic rings. The van der Waals surface area contributed by atoms with E-state index in [9.17, 15) is 17.6 Å². The number of hydrogen-bond donors (Lipinski definition) is 0. The maximum atomic E-state index is 12.8. The molecule has 7 nitrogen and oxygen atoms in total. The number of halogens is 1. The molecule has 0 unspecified atom stereocenters. The van der Waals surface area contributed by atoms with Gasteiger partial charge in [0.1, 0.15) is 4.21 Å². The van der Waals surface area contributed by atoms with Crippen LogP contribution in [0.1, 0.15) is 0 Å². The van der Waals surface area contributed by atoms with Gasteiger partial charge in [-0.2, -0.15) is 4.31 Å². The van der Waals surface area contributed by atoms with Gasteiger partial charge in [-0.1, -0.05) is 6.07 Å². The number of nitrogens with zero attached hydrogens (tertiary/aromatic N) is 4. The van der Waals surface area contributed by atoms with E-state index in [-0.39, 0.29) is 29.8 Å². The first-order valence-corrected chi connectivity index (χ1v) is 8.62. The number of hydrogen-bond acceptors (Lipinski definition) is 6. The third-order valence-electron chi connectivity index (χ3n) is 3.12. The Morgan fingerprint density at radius 3 is 2.55 bits per heavy atom. The van der Waals surface area contributed by atoms with E-state index in [2.05, 4.69) is 9.97 Å². The van der Waals surface area contributed by atoms with E-state index in [4.69, 9.17) is 0 Å². The Hall–Kier alpha value is -1.91. The maximum absolute atomic E-state index is 12.8. The Morgan fingerprint density at radius 1 is 1.23 bits per heavy atom. The highest BCUT2D eigenvalue weighted by Gasteiger charge is 2.34. The summed E-state index contributed by atoms with van der Waals surface area (Å²) < 4.78 is 38.9. The molecule has 1 aliphatic heterocycles. The number of anilines is 1. The Labute approximate surface area is 130 Å². The Kier molecular flexibility index (Phi) is 3.89. The van der Waals surface area contributed by atoms with Crippen LogP contribution in [-0.2, 0) is 14.8 Å². The molecule has 2 aromatic heterocycles. The van der Waals surface area contributed by atoms with Gasteiger partial charge < -0.3 is 0 Å². The van der Waals surface area contributed by atoms with Crippen LogP contribution in [0.15, 0.2) is 34.1 Å². The van der Waals surface area contributed by atoms with Crippen molar-refractivity contribution in [3.05, 3.63) is 35.7 Å². The van der Waals surface area contributed by atoms with Gasteiger partial charge in [-0.25, -0.2) is 22.8 Å². The molecule has 1 aliphatic rings. The van der Waals surface area contributed by atoms with Crippen LogP contribution in [0.25, 0.3) is 0 Å². The molecule has 116 valence electrons. The van der Waals surface area contributed by atoms with Gasteiger partial charge in [0.2, 0.25) is 11.9 Å². The Balaban J connectivity index is 1.78. The molecule has 1 fully saturated rings. The molecule has 0 atom stereocenters. The van der Waals surface area contributed by atoms with Crippen molar-refractivity contribution in [1.82, 2.24) is 14.3 Å². The minimum Gasteiger partial charge on any atom is -0.278 e. The van der Waals surface area contributed by atoms with Crippen molar-refractivity contribution in [1.29, 1.82) is 0 Å². The van der Waals surface area contributed by atoms with Gasteiger partial charge in [0.05, 0.1) is 18.9 Å². The van der Waals surface area contributed by atoms with Crippen LogP contribution in [0, 0.1) is 5.82 Å². The predicted molar refractivity (Wildman–Crippen MR) is 77.4 cm³/mol. The number of amides is 1. The Morgan fingerprint density at radius 2 is 1.95 bits per heavy atom. The lowest BCUT2D eigenvalue weighted by molar-refractivity contribution is -0.120. The fourth-order valence-corrected chi connectivity index (χ4v) is 4.58. The van der Waals surface area contributed by atoms with Crippen molar-refractivity contribution in [2.24, 2.45) is 0 Å². The van der Waals surface area contributed by atoms with E-state index < -0.39 is 21.7 Å². The van der Waals surface area contributed by atoms with E-state index in [0.29, 0.717) is 0 Å². The van der Waals surface area contributed by atoms with Gasteiger partial charge in [0, 0.05) is 13.1 Å². The molecule has 22 heavy (non-hydrogen) atoms. The van der Waals surface area contributed by atoms with E-state index in [1.54, 1.807) is 11.4 Å². The first-order valence-electron chi connectivity index (χ1n) is 6.30. The summed E-state index contributed by atoms with van der Waals surface area (Å²) in [5.74, 6) is -0.979. The fourth-order valence-electron chi connectivity index (χ4n) is 2.05. The number of thiophene rings is 1. The number of rotatable bonds is 3. The molecule has 3 rings (SSSR count). The summed E-state index contributed by atoms with van der Waals surface area (Å²) in [5.41, 5.74) is 0. The zero-order valence-corrected chi connectivity index (χ0v) is 12.8. The monoisotopic (exact) mass is 342 g/mol. The van der Waals surface area contributed by atoms with Crippen LogP contribution in [0.2, 0.25) is 0 Å². The summed E-state index contributed by atoms with van der Waals surface area (Å²) >= 11 is 1.10. The molecule has 0 aromatic carbocycles. The van der Waals surface area contributed by atoms with Gasteiger partial charge in [-0.3, -0.25) is 9.69 Å². The standard InChI is InChI=1S/C12H11FN4O3S2/c13-9-6-14-12(15-7-9)17-4-3-16(8-10(17)18)22(19,20)11-2-1-5-21-11/h1-2,5-7H,3-4,8H2. The zero-order valence-electron chi connectivity index (χ0n) is 11.2. The molecule has 0 radical (unpaired) electrons. The van der Waals surface area contributed by atoms with Crippen LogP contribution in [0.3, 0.4) is 0 Å². The summed E-state index contributed by atoms with van der Waals surface area (Å²) in [5, 5.41) is 1.66. The number of carbonyl (C=O) groups excluding carboxylic acids is 1. The first kappa shape index (κ1) is 15.0. The molecule has 0 saturated carbocycles. The molecular weight excluding hydrogens is 331 g/mol. The molecule has 0 bridgehead atoms. The highest BCUT2D eigenvalue weighted by atomic mass is 32.2. The van der Waals surface area contributed by atoms with Crippen molar-refractivity contribution in [3.63, 3.8) is 0 Å².